The first-order valence-electron chi connectivity index (χ1n) is 11.6. The van der Waals surface area contributed by atoms with Crippen molar-refractivity contribution in [2.24, 2.45) is 0 Å². The molecule has 0 aromatic heterocycles. The summed E-state index contributed by atoms with van der Waals surface area (Å²) in [4.78, 5) is 2.42. The van der Waals surface area contributed by atoms with Crippen molar-refractivity contribution in [2.45, 2.75) is 32.5 Å². The van der Waals surface area contributed by atoms with Gasteiger partial charge in [-0.2, -0.15) is 0 Å². The van der Waals surface area contributed by atoms with E-state index in [2.05, 4.69) is 60.4 Å². The zero-order chi connectivity index (χ0) is 22.6. The number of aryl methyl sites for hydroxylation is 1. The summed E-state index contributed by atoms with van der Waals surface area (Å²) in [7, 11) is 1.71. The number of rotatable bonds is 6. The Kier molecular flexibility index (Phi) is 6.51. The molecule has 1 saturated heterocycles. The van der Waals surface area contributed by atoms with Crippen molar-refractivity contribution in [3.8, 4) is 28.4 Å². The Labute approximate surface area is 195 Å². The first kappa shape index (κ1) is 21.8. The number of fused-ring (bicyclic) bond motifs is 1. The van der Waals surface area contributed by atoms with E-state index in [9.17, 15) is 0 Å². The molecule has 0 radical (unpaired) electrons. The highest BCUT2D eigenvalue weighted by Gasteiger charge is 2.25. The summed E-state index contributed by atoms with van der Waals surface area (Å²) < 4.78 is 23.7. The molecular weight excluding hydrogens is 414 g/mol. The lowest BCUT2D eigenvalue weighted by Gasteiger charge is -2.21. The number of nitrogens with zero attached hydrogens (tertiary/aromatic N) is 1. The lowest BCUT2D eigenvalue weighted by atomic mass is 9.97. The fourth-order valence-corrected chi connectivity index (χ4v) is 4.63. The molecule has 172 valence electrons. The van der Waals surface area contributed by atoms with Gasteiger partial charge < -0.3 is 18.9 Å². The van der Waals surface area contributed by atoms with Gasteiger partial charge in [0.05, 0.1) is 20.3 Å². The molecule has 33 heavy (non-hydrogen) atoms. The minimum absolute atomic E-state index is 0.0703. The van der Waals surface area contributed by atoms with Crippen molar-refractivity contribution >= 4 is 0 Å². The molecule has 5 rings (SSSR count). The molecule has 0 saturated carbocycles. The summed E-state index contributed by atoms with van der Waals surface area (Å²) in [6.45, 7) is 6.63. The number of methoxy groups -OCH3 is 1. The molecule has 0 N–H and O–H groups in total. The smallest absolute Gasteiger partial charge is 0.165 e. The molecular formula is C28H31NO4. The van der Waals surface area contributed by atoms with E-state index >= 15 is 0 Å². The van der Waals surface area contributed by atoms with Gasteiger partial charge in [-0.1, -0.05) is 36.4 Å². The second-order valence-electron chi connectivity index (χ2n) is 8.79. The molecule has 0 spiro atoms. The Balaban J connectivity index is 1.49. The molecule has 3 aromatic carbocycles. The topological polar surface area (TPSA) is 40.2 Å². The van der Waals surface area contributed by atoms with Gasteiger partial charge >= 0.3 is 0 Å². The molecule has 0 amide bonds. The van der Waals surface area contributed by atoms with Crippen LogP contribution in [-0.2, 0) is 17.8 Å². The van der Waals surface area contributed by atoms with Gasteiger partial charge in [0, 0.05) is 31.6 Å². The molecule has 1 fully saturated rings. The average Bonchev–Trinajstić information content (AvgIpc) is 3.25. The summed E-state index contributed by atoms with van der Waals surface area (Å²) >= 11 is 0. The third-order valence-electron chi connectivity index (χ3n) is 6.36. The fraction of sp³-hybridized carbons (Fsp3) is 0.357. The van der Waals surface area contributed by atoms with Crippen molar-refractivity contribution in [1.29, 1.82) is 0 Å². The van der Waals surface area contributed by atoms with Crippen molar-refractivity contribution in [2.75, 3.05) is 33.5 Å². The summed E-state index contributed by atoms with van der Waals surface area (Å²) in [5, 5.41) is 0. The lowest BCUT2D eigenvalue weighted by molar-refractivity contribution is 0.137. The quantitative estimate of drug-likeness (QED) is 0.519. The van der Waals surface area contributed by atoms with Crippen LogP contribution in [0.1, 0.15) is 23.1 Å². The molecule has 1 atom stereocenters. The molecule has 2 heterocycles. The Morgan fingerprint density at radius 1 is 1.03 bits per heavy atom. The summed E-state index contributed by atoms with van der Waals surface area (Å²) in [5.41, 5.74) is 6.01. The van der Waals surface area contributed by atoms with Gasteiger partial charge in [0.15, 0.2) is 11.5 Å². The summed E-state index contributed by atoms with van der Waals surface area (Å²) in [6.07, 6.45) is 0.978. The molecule has 5 nitrogen and oxygen atoms in total. The van der Waals surface area contributed by atoms with Crippen molar-refractivity contribution in [3.05, 3.63) is 77.4 Å². The SMILES string of the molecule is COc1cccc(CN2CCOc3c(cc(-c4ccccc4C)cc3O[C@H]3CCOC3)C2)c1. The van der Waals surface area contributed by atoms with Crippen LogP contribution in [0, 0.1) is 6.92 Å². The van der Waals surface area contributed by atoms with E-state index in [-0.39, 0.29) is 6.10 Å². The lowest BCUT2D eigenvalue weighted by Crippen LogP contribution is -2.25. The highest BCUT2D eigenvalue weighted by molar-refractivity contribution is 5.72. The number of benzene rings is 3. The maximum absolute atomic E-state index is 6.43. The third-order valence-corrected chi connectivity index (χ3v) is 6.36. The largest absolute Gasteiger partial charge is 0.497 e. The van der Waals surface area contributed by atoms with Crippen molar-refractivity contribution in [3.63, 3.8) is 0 Å². The summed E-state index contributed by atoms with van der Waals surface area (Å²) in [6, 6.07) is 21.2. The Hall–Kier alpha value is -3.02. The van der Waals surface area contributed by atoms with Crippen LogP contribution >= 0.6 is 0 Å². The van der Waals surface area contributed by atoms with Gasteiger partial charge in [0.1, 0.15) is 18.5 Å². The number of ether oxygens (including phenoxy) is 4. The zero-order valence-corrected chi connectivity index (χ0v) is 19.4. The Morgan fingerprint density at radius 2 is 1.94 bits per heavy atom. The molecule has 5 heteroatoms. The first-order valence-corrected chi connectivity index (χ1v) is 11.6. The minimum atomic E-state index is 0.0703. The van der Waals surface area contributed by atoms with E-state index in [0.29, 0.717) is 13.2 Å². The monoisotopic (exact) mass is 445 g/mol. The number of hydrogen-bond donors (Lipinski definition) is 0. The highest BCUT2D eigenvalue weighted by Crippen LogP contribution is 2.40. The van der Waals surface area contributed by atoms with Crippen LogP contribution in [0.15, 0.2) is 60.7 Å². The molecule has 0 aliphatic carbocycles. The fourth-order valence-electron chi connectivity index (χ4n) is 4.63. The van der Waals surface area contributed by atoms with E-state index in [0.717, 1.165) is 61.0 Å². The minimum Gasteiger partial charge on any atom is -0.497 e. The third kappa shape index (κ3) is 5.00. The molecule has 2 aliphatic rings. The second kappa shape index (κ2) is 9.86. The normalized spacial score (nSPS) is 18.3. The highest BCUT2D eigenvalue weighted by atomic mass is 16.6. The van der Waals surface area contributed by atoms with Crippen LogP contribution in [0.3, 0.4) is 0 Å². The van der Waals surface area contributed by atoms with Crippen molar-refractivity contribution in [1.82, 2.24) is 4.90 Å². The summed E-state index contributed by atoms with van der Waals surface area (Å²) in [5.74, 6) is 2.58. The van der Waals surface area contributed by atoms with Gasteiger partial charge in [0.25, 0.3) is 0 Å². The predicted octanol–water partition coefficient (Wildman–Crippen LogP) is 5.23. The zero-order valence-electron chi connectivity index (χ0n) is 19.4. The Morgan fingerprint density at radius 3 is 2.76 bits per heavy atom. The van der Waals surface area contributed by atoms with Crippen LogP contribution in [0.5, 0.6) is 17.2 Å². The van der Waals surface area contributed by atoms with Gasteiger partial charge in [-0.3, -0.25) is 4.90 Å². The molecule has 0 unspecified atom stereocenters. The van der Waals surface area contributed by atoms with Crippen LogP contribution in [-0.4, -0.2) is 44.5 Å². The Bertz CT molecular complexity index is 1110. The molecule has 2 aliphatic heterocycles. The van der Waals surface area contributed by atoms with Gasteiger partial charge in [0.2, 0.25) is 0 Å². The van der Waals surface area contributed by atoms with Crippen LogP contribution in [0.2, 0.25) is 0 Å². The first-order chi connectivity index (χ1) is 16.2. The van der Waals surface area contributed by atoms with Gasteiger partial charge in [-0.15, -0.1) is 0 Å². The predicted molar refractivity (Wildman–Crippen MR) is 129 cm³/mol. The van der Waals surface area contributed by atoms with E-state index in [1.54, 1.807) is 7.11 Å². The standard InChI is InChI=1S/C28H31NO4/c1-20-6-3-4-9-26(20)22-15-23-18-29(17-21-7-5-8-24(14-21)30-2)11-13-32-28(23)27(16-22)33-25-10-12-31-19-25/h3-9,14-16,25H,10-13,17-19H2,1-2H3/t25-/m0/s1. The maximum atomic E-state index is 6.43. The van der Waals surface area contributed by atoms with E-state index < -0.39 is 0 Å². The van der Waals surface area contributed by atoms with Gasteiger partial charge in [-0.05, 0) is 53.4 Å². The van der Waals surface area contributed by atoms with E-state index in [1.165, 1.54) is 16.7 Å². The average molecular weight is 446 g/mol. The van der Waals surface area contributed by atoms with Crippen LogP contribution in [0.25, 0.3) is 11.1 Å². The van der Waals surface area contributed by atoms with E-state index in [1.807, 2.05) is 12.1 Å². The number of hydrogen-bond acceptors (Lipinski definition) is 5. The van der Waals surface area contributed by atoms with E-state index in [4.69, 9.17) is 18.9 Å². The van der Waals surface area contributed by atoms with Crippen molar-refractivity contribution < 1.29 is 18.9 Å². The maximum Gasteiger partial charge on any atom is 0.165 e. The second-order valence-corrected chi connectivity index (χ2v) is 8.79. The molecule has 3 aromatic rings. The van der Waals surface area contributed by atoms with Crippen LogP contribution < -0.4 is 14.2 Å². The van der Waals surface area contributed by atoms with Crippen LogP contribution in [0.4, 0.5) is 0 Å². The molecule has 0 bridgehead atoms. The van der Waals surface area contributed by atoms with Gasteiger partial charge in [-0.25, -0.2) is 0 Å².